The summed E-state index contributed by atoms with van der Waals surface area (Å²) in [6.45, 7) is 7.50. The van der Waals surface area contributed by atoms with Gasteiger partial charge in [0, 0.05) is 19.4 Å². The van der Waals surface area contributed by atoms with Crippen LogP contribution in [0.2, 0.25) is 0 Å². The number of benzene rings is 1. The number of aliphatic hydroxyl groups is 1. The summed E-state index contributed by atoms with van der Waals surface area (Å²) in [6.07, 6.45) is 1.46. The minimum atomic E-state index is -0.648. The van der Waals surface area contributed by atoms with Gasteiger partial charge in [0.25, 0.3) is 0 Å². The highest BCUT2D eigenvalue weighted by molar-refractivity contribution is 5.38. The van der Waals surface area contributed by atoms with E-state index in [4.69, 9.17) is 4.74 Å². The van der Waals surface area contributed by atoms with E-state index in [1.807, 2.05) is 0 Å². The van der Waals surface area contributed by atoms with Crippen molar-refractivity contribution in [2.24, 2.45) is 0 Å². The first kappa shape index (κ1) is 11.6. The van der Waals surface area contributed by atoms with E-state index in [2.05, 4.69) is 32.9 Å². The van der Waals surface area contributed by atoms with Gasteiger partial charge < -0.3 is 9.84 Å². The molecule has 1 heterocycles. The molecule has 0 saturated carbocycles. The first-order valence-corrected chi connectivity index (χ1v) is 5.87. The molecular weight excluding hydrogens is 200 g/mol. The van der Waals surface area contributed by atoms with Gasteiger partial charge in [0.15, 0.2) is 0 Å². The number of rotatable bonds is 2. The van der Waals surface area contributed by atoms with Crippen molar-refractivity contribution in [2.75, 3.05) is 13.2 Å². The lowest BCUT2D eigenvalue weighted by Gasteiger charge is -2.23. The van der Waals surface area contributed by atoms with E-state index in [1.165, 1.54) is 22.3 Å². The van der Waals surface area contributed by atoms with E-state index in [1.54, 1.807) is 0 Å². The van der Waals surface area contributed by atoms with E-state index in [-0.39, 0.29) is 0 Å². The number of ether oxygens (including phenoxy) is 1. The first-order valence-electron chi connectivity index (χ1n) is 5.87. The van der Waals surface area contributed by atoms with Crippen LogP contribution in [0.4, 0.5) is 0 Å². The van der Waals surface area contributed by atoms with Crippen LogP contribution >= 0.6 is 0 Å². The second-order valence-electron chi connectivity index (χ2n) is 5.08. The van der Waals surface area contributed by atoms with Crippen LogP contribution in [0.1, 0.15) is 28.7 Å². The Labute approximate surface area is 97.3 Å². The van der Waals surface area contributed by atoms with Crippen LogP contribution in [0.15, 0.2) is 12.1 Å². The first-order chi connectivity index (χ1) is 7.50. The lowest BCUT2D eigenvalue weighted by atomic mass is 9.88. The van der Waals surface area contributed by atoms with Crippen LogP contribution in [0.5, 0.6) is 0 Å². The molecule has 0 spiro atoms. The zero-order valence-corrected chi connectivity index (χ0v) is 10.3. The van der Waals surface area contributed by atoms with E-state index in [0.717, 1.165) is 6.42 Å². The summed E-state index contributed by atoms with van der Waals surface area (Å²) in [5.74, 6) is 0. The monoisotopic (exact) mass is 220 g/mol. The van der Waals surface area contributed by atoms with E-state index in [0.29, 0.717) is 19.6 Å². The van der Waals surface area contributed by atoms with Gasteiger partial charge in [0.05, 0.1) is 12.2 Å². The van der Waals surface area contributed by atoms with Gasteiger partial charge in [-0.05, 0) is 37.5 Å². The lowest BCUT2D eigenvalue weighted by Crippen LogP contribution is -2.32. The Morgan fingerprint density at radius 1 is 1.25 bits per heavy atom. The molecule has 1 atom stereocenters. The molecule has 1 aliphatic heterocycles. The Morgan fingerprint density at radius 2 is 1.88 bits per heavy atom. The molecule has 0 aliphatic carbocycles. The molecule has 1 aliphatic rings. The summed E-state index contributed by atoms with van der Waals surface area (Å²) in [5.41, 5.74) is 4.47. The van der Waals surface area contributed by atoms with Gasteiger partial charge in [-0.3, -0.25) is 0 Å². The average Bonchev–Trinajstić information content (AvgIpc) is 2.59. The number of aryl methyl sites for hydroxylation is 3. The number of hydrogen-bond donors (Lipinski definition) is 1. The van der Waals surface area contributed by atoms with Gasteiger partial charge >= 0.3 is 0 Å². The Morgan fingerprint density at radius 3 is 2.38 bits per heavy atom. The Kier molecular flexibility index (Phi) is 3.04. The summed E-state index contributed by atoms with van der Waals surface area (Å²) in [7, 11) is 0. The number of hydrogen-bond acceptors (Lipinski definition) is 2. The fourth-order valence-corrected chi connectivity index (χ4v) is 2.55. The van der Waals surface area contributed by atoms with Gasteiger partial charge in [0.1, 0.15) is 0 Å². The second kappa shape index (κ2) is 4.19. The highest BCUT2D eigenvalue weighted by Gasteiger charge is 2.33. The van der Waals surface area contributed by atoms with Gasteiger partial charge in [-0.1, -0.05) is 17.7 Å². The van der Waals surface area contributed by atoms with Crippen LogP contribution in [-0.4, -0.2) is 23.9 Å². The molecule has 1 N–H and O–H groups in total. The Hall–Kier alpha value is -0.860. The molecule has 1 aromatic carbocycles. The van der Waals surface area contributed by atoms with Crippen molar-refractivity contribution in [2.45, 2.75) is 39.2 Å². The van der Waals surface area contributed by atoms with Crippen LogP contribution in [0.3, 0.4) is 0 Å². The minimum Gasteiger partial charge on any atom is -0.387 e. The normalized spacial score (nSPS) is 25.0. The zero-order valence-electron chi connectivity index (χ0n) is 10.3. The molecule has 0 radical (unpaired) electrons. The molecule has 0 aromatic heterocycles. The fourth-order valence-electron chi connectivity index (χ4n) is 2.55. The van der Waals surface area contributed by atoms with Gasteiger partial charge in [-0.15, -0.1) is 0 Å². The van der Waals surface area contributed by atoms with Gasteiger partial charge in [-0.25, -0.2) is 0 Å². The molecule has 88 valence electrons. The SMILES string of the molecule is Cc1cc(C)c(CC2(O)CCOC2)c(C)c1. The van der Waals surface area contributed by atoms with Crippen molar-refractivity contribution >= 4 is 0 Å². The van der Waals surface area contributed by atoms with Crippen LogP contribution in [0.25, 0.3) is 0 Å². The van der Waals surface area contributed by atoms with Crippen LogP contribution in [-0.2, 0) is 11.2 Å². The third kappa shape index (κ3) is 2.28. The zero-order chi connectivity index (χ0) is 11.8. The lowest BCUT2D eigenvalue weighted by molar-refractivity contribution is 0.0268. The molecule has 1 unspecified atom stereocenters. The minimum absolute atomic E-state index is 0.472. The second-order valence-corrected chi connectivity index (χ2v) is 5.08. The fraction of sp³-hybridized carbons (Fsp3) is 0.571. The maximum Gasteiger partial charge on any atom is 0.0942 e. The molecule has 2 heteroatoms. The standard InChI is InChI=1S/C14H20O2/c1-10-6-11(2)13(12(3)7-10)8-14(15)4-5-16-9-14/h6-7,15H,4-5,8-9H2,1-3H3. The highest BCUT2D eigenvalue weighted by Crippen LogP contribution is 2.27. The quantitative estimate of drug-likeness (QED) is 0.828. The summed E-state index contributed by atoms with van der Waals surface area (Å²) in [5, 5.41) is 10.3. The molecule has 1 fully saturated rings. The third-order valence-corrected chi connectivity index (χ3v) is 3.43. The van der Waals surface area contributed by atoms with Crippen molar-refractivity contribution in [3.63, 3.8) is 0 Å². The van der Waals surface area contributed by atoms with Gasteiger partial charge in [-0.2, -0.15) is 0 Å². The maximum absolute atomic E-state index is 10.3. The van der Waals surface area contributed by atoms with Crippen molar-refractivity contribution in [3.8, 4) is 0 Å². The highest BCUT2D eigenvalue weighted by atomic mass is 16.5. The molecular formula is C14H20O2. The summed E-state index contributed by atoms with van der Waals surface area (Å²) < 4.78 is 5.29. The predicted octanol–water partition coefficient (Wildman–Crippen LogP) is 2.31. The molecule has 0 bridgehead atoms. The van der Waals surface area contributed by atoms with Gasteiger partial charge in [0.2, 0.25) is 0 Å². The molecule has 1 saturated heterocycles. The molecule has 1 aromatic rings. The smallest absolute Gasteiger partial charge is 0.0942 e. The van der Waals surface area contributed by atoms with E-state index < -0.39 is 5.60 Å². The predicted molar refractivity (Wildman–Crippen MR) is 64.7 cm³/mol. The summed E-state index contributed by atoms with van der Waals surface area (Å²) in [6, 6.07) is 4.36. The van der Waals surface area contributed by atoms with Crippen molar-refractivity contribution in [1.29, 1.82) is 0 Å². The summed E-state index contributed by atoms with van der Waals surface area (Å²) >= 11 is 0. The molecule has 16 heavy (non-hydrogen) atoms. The maximum atomic E-state index is 10.3. The third-order valence-electron chi connectivity index (χ3n) is 3.43. The Balaban J connectivity index is 2.27. The van der Waals surface area contributed by atoms with Crippen molar-refractivity contribution < 1.29 is 9.84 Å². The van der Waals surface area contributed by atoms with Crippen molar-refractivity contribution in [1.82, 2.24) is 0 Å². The van der Waals surface area contributed by atoms with Crippen LogP contribution < -0.4 is 0 Å². The van der Waals surface area contributed by atoms with Crippen LogP contribution in [0, 0.1) is 20.8 Å². The summed E-state index contributed by atoms with van der Waals surface area (Å²) in [4.78, 5) is 0. The van der Waals surface area contributed by atoms with Crippen molar-refractivity contribution in [3.05, 3.63) is 34.4 Å². The topological polar surface area (TPSA) is 29.5 Å². The van der Waals surface area contributed by atoms with E-state index >= 15 is 0 Å². The molecule has 2 nitrogen and oxygen atoms in total. The van der Waals surface area contributed by atoms with E-state index in [9.17, 15) is 5.11 Å². The average molecular weight is 220 g/mol. The molecule has 0 amide bonds. The largest absolute Gasteiger partial charge is 0.387 e. The Bertz CT molecular complexity index is 367. The molecule has 2 rings (SSSR count).